The van der Waals surface area contributed by atoms with Gasteiger partial charge in [-0.15, -0.1) is 0 Å². The number of nitrogens with two attached hydrogens (primary N) is 2. The number of carbonyl (C=O) groups is 1. The number of nitrogens with one attached hydrogen (secondary N) is 1. The second-order valence-corrected chi connectivity index (χ2v) is 5.17. The molecule has 0 atom stereocenters. The molecule has 0 radical (unpaired) electrons. The number of carboxylic acids is 1. The van der Waals surface area contributed by atoms with Crippen LogP contribution < -0.4 is 16.8 Å². The molecule has 9 heteroatoms. The number of halogens is 1. The highest BCUT2D eigenvalue weighted by Crippen LogP contribution is 2.33. The van der Waals surface area contributed by atoms with Gasteiger partial charge in [0, 0.05) is 24.0 Å². The quantitative estimate of drug-likeness (QED) is 0.529. The van der Waals surface area contributed by atoms with E-state index in [4.69, 9.17) is 21.1 Å². The first-order valence-electron chi connectivity index (χ1n) is 7.15. The highest BCUT2D eigenvalue weighted by molar-refractivity contribution is 5.95. The molecular formula is C16H14FN5O3. The Kier molecular flexibility index (Phi) is 3.97. The van der Waals surface area contributed by atoms with Crippen LogP contribution in [0, 0.1) is 5.82 Å². The summed E-state index contributed by atoms with van der Waals surface area (Å²) in [5, 5.41) is 15.6. The number of anilines is 3. The van der Waals surface area contributed by atoms with Gasteiger partial charge in [0.1, 0.15) is 5.56 Å². The monoisotopic (exact) mass is 343 g/mol. The largest absolute Gasteiger partial charge is 0.478 e. The molecule has 0 aliphatic rings. The third-order valence-corrected chi connectivity index (χ3v) is 3.63. The Morgan fingerprint density at radius 3 is 2.64 bits per heavy atom. The molecule has 0 saturated heterocycles. The van der Waals surface area contributed by atoms with Crippen LogP contribution in [0.5, 0.6) is 0 Å². The Hall–Kier alpha value is -3.62. The van der Waals surface area contributed by atoms with E-state index in [1.165, 1.54) is 24.3 Å². The van der Waals surface area contributed by atoms with Crippen molar-refractivity contribution in [2.24, 2.45) is 0 Å². The molecule has 3 rings (SSSR count). The summed E-state index contributed by atoms with van der Waals surface area (Å²) in [4.78, 5) is 15.3. The van der Waals surface area contributed by atoms with Gasteiger partial charge in [-0.05, 0) is 30.3 Å². The first-order chi connectivity index (χ1) is 11.9. The van der Waals surface area contributed by atoms with E-state index in [2.05, 4.69) is 15.5 Å². The fourth-order valence-electron chi connectivity index (χ4n) is 2.32. The summed E-state index contributed by atoms with van der Waals surface area (Å²) in [6, 6.07) is 7.28. The van der Waals surface area contributed by atoms with E-state index in [1.807, 2.05) is 0 Å². The fraction of sp³-hybridized carbons (Fsp3) is 0.0625. The molecule has 25 heavy (non-hydrogen) atoms. The van der Waals surface area contributed by atoms with Gasteiger partial charge in [-0.3, -0.25) is 0 Å². The van der Waals surface area contributed by atoms with Crippen molar-refractivity contribution in [1.82, 2.24) is 10.1 Å². The molecule has 6 N–H and O–H groups in total. The molecule has 0 amide bonds. The minimum Gasteiger partial charge on any atom is -0.478 e. The summed E-state index contributed by atoms with van der Waals surface area (Å²) in [5.41, 5.74) is 12.2. The van der Waals surface area contributed by atoms with Crippen molar-refractivity contribution in [1.29, 1.82) is 0 Å². The van der Waals surface area contributed by atoms with Gasteiger partial charge in [-0.2, -0.15) is 4.98 Å². The zero-order chi connectivity index (χ0) is 18.1. The number of nitrogen functional groups attached to an aromatic ring is 2. The number of aromatic carboxylic acids is 1. The van der Waals surface area contributed by atoms with Crippen molar-refractivity contribution < 1.29 is 18.8 Å². The smallest absolute Gasteiger partial charge is 0.337 e. The number of hydrogen-bond acceptors (Lipinski definition) is 7. The number of hydrogen-bond donors (Lipinski definition) is 4. The topological polar surface area (TPSA) is 140 Å². The molecule has 0 saturated carbocycles. The summed E-state index contributed by atoms with van der Waals surface area (Å²) < 4.78 is 19.6. The lowest BCUT2D eigenvalue weighted by atomic mass is 10.1. The highest BCUT2D eigenvalue weighted by Gasteiger charge is 2.20. The predicted octanol–water partition coefficient (Wildman–Crippen LogP) is 2.45. The van der Waals surface area contributed by atoms with Crippen LogP contribution >= 0.6 is 0 Å². The summed E-state index contributed by atoms with van der Waals surface area (Å²) in [6.45, 7) is 0. The molecule has 0 bridgehead atoms. The summed E-state index contributed by atoms with van der Waals surface area (Å²) in [5.74, 6) is -1.83. The molecule has 0 spiro atoms. The summed E-state index contributed by atoms with van der Waals surface area (Å²) >= 11 is 0. The van der Waals surface area contributed by atoms with Crippen molar-refractivity contribution in [2.45, 2.75) is 0 Å². The highest BCUT2D eigenvalue weighted by atomic mass is 19.1. The van der Waals surface area contributed by atoms with Gasteiger partial charge in [0.15, 0.2) is 5.82 Å². The van der Waals surface area contributed by atoms with Gasteiger partial charge >= 0.3 is 5.97 Å². The minimum absolute atomic E-state index is 0.0282. The van der Waals surface area contributed by atoms with Crippen LogP contribution in [-0.2, 0) is 0 Å². The van der Waals surface area contributed by atoms with Crippen molar-refractivity contribution in [2.75, 3.05) is 23.8 Å². The molecule has 2 aromatic carbocycles. The molecule has 0 unspecified atom stereocenters. The van der Waals surface area contributed by atoms with Crippen molar-refractivity contribution in [3.8, 4) is 22.8 Å². The standard InChI is InChI=1S/C16H14FN5O3/c1-20-11-5-4-10(19)12(13(11)17)15-21-14(22-25-15)7-2-3-9(18)8(6-7)16(23)24/h2-6,20H,18-19H2,1H3,(H,23,24). The third-order valence-electron chi connectivity index (χ3n) is 3.63. The zero-order valence-corrected chi connectivity index (χ0v) is 13.1. The van der Waals surface area contributed by atoms with Gasteiger partial charge in [-0.25, -0.2) is 9.18 Å². The number of rotatable bonds is 4. The molecule has 0 aliphatic carbocycles. The molecule has 0 aliphatic heterocycles. The maximum absolute atomic E-state index is 14.5. The Bertz CT molecular complexity index is 970. The van der Waals surface area contributed by atoms with Crippen molar-refractivity contribution in [3.05, 3.63) is 41.7 Å². The Morgan fingerprint density at radius 1 is 1.24 bits per heavy atom. The first kappa shape index (κ1) is 16.2. The average molecular weight is 343 g/mol. The van der Waals surface area contributed by atoms with Crippen molar-refractivity contribution >= 4 is 23.0 Å². The van der Waals surface area contributed by atoms with E-state index in [0.29, 0.717) is 5.56 Å². The molecular weight excluding hydrogens is 329 g/mol. The lowest BCUT2D eigenvalue weighted by molar-refractivity contribution is 0.0698. The van der Waals surface area contributed by atoms with Crippen LogP contribution in [0.4, 0.5) is 21.5 Å². The number of nitrogens with zero attached hydrogens (tertiary/aromatic N) is 2. The molecule has 128 valence electrons. The maximum Gasteiger partial charge on any atom is 0.337 e. The first-order valence-corrected chi connectivity index (χ1v) is 7.15. The van der Waals surface area contributed by atoms with Gasteiger partial charge in [0.2, 0.25) is 5.82 Å². The zero-order valence-electron chi connectivity index (χ0n) is 13.1. The van der Waals surface area contributed by atoms with E-state index in [0.717, 1.165) is 0 Å². The molecule has 1 heterocycles. The lowest BCUT2D eigenvalue weighted by Gasteiger charge is -2.07. The SMILES string of the molecule is CNc1ccc(N)c(-c2nc(-c3ccc(N)c(C(=O)O)c3)no2)c1F. The van der Waals surface area contributed by atoms with Gasteiger partial charge in [0.05, 0.1) is 11.3 Å². The normalized spacial score (nSPS) is 10.6. The predicted molar refractivity (Wildman–Crippen MR) is 90.5 cm³/mol. The Morgan fingerprint density at radius 2 is 1.96 bits per heavy atom. The molecule has 1 aromatic heterocycles. The second-order valence-electron chi connectivity index (χ2n) is 5.17. The number of benzene rings is 2. The molecule has 8 nitrogen and oxygen atoms in total. The van der Waals surface area contributed by atoms with E-state index in [-0.39, 0.29) is 39.9 Å². The van der Waals surface area contributed by atoms with Crippen LogP contribution in [0.1, 0.15) is 10.4 Å². The average Bonchev–Trinajstić information content (AvgIpc) is 3.05. The van der Waals surface area contributed by atoms with Crippen LogP contribution in [0.25, 0.3) is 22.8 Å². The van der Waals surface area contributed by atoms with Crippen LogP contribution in [-0.4, -0.2) is 28.3 Å². The van der Waals surface area contributed by atoms with Gasteiger partial charge in [-0.1, -0.05) is 5.16 Å². The van der Waals surface area contributed by atoms with E-state index in [1.54, 1.807) is 13.1 Å². The van der Waals surface area contributed by atoms with Crippen LogP contribution in [0.2, 0.25) is 0 Å². The molecule has 3 aromatic rings. The lowest BCUT2D eigenvalue weighted by Crippen LogP contribution is -2.02. The van der Waals surface area contributed by atoms with Gasteiger partial charge in [0.25, 0.3) is 5.89 Å². The van der Waals surface area contributed by atoms with E-state index < -0.39 is 11.8 Å². The second kappa shape index (κ2) is 6.11. The Balaban J connectivity index is 2.08. The van der Waals surface area contributed by atoms with Gasteiger partial charge < -0.3 is 26.4 Å². The Labute approximate surface area is 141 Å². The maximum atomic E-state index is 14.5. The van der Waals surface area contributed by atoms with E-state index in [9.17, 15) is 9.18 Å². The van der Waals surface area contributed by atoms with E-state index >= 15 is 0 Å². The summed E-state index contributed by atoms with van der Waals surface area (Å²) in [7, 11) is 1.57. The molecule has 0 fully saturated rings. The minimum atomic E-state index is -1.18. The fourth-order valence-corrected chi connectivity index (χ4v) is 2.32. The summed E-state index contributed by atoms with van der Waals surface area (Å²) in [6.07, 6.45) is 0. The van der Waals surface area contributed by atoms with Crippen LogP contribution in [0.15, 0.2) is 34.9 Å². The van der Waals surface area contributed by atoms with Crippen molar-refractivity contribution in [3.63, 3.8) is 0 Å². The number of carboxylic acid groups (broad SMARTS) is 1. The third kappa shape index (κ3) is 2.82. The van der Waals surface area contributed by atoms with Crippen LogP contribution in [0.3, 0.4) is 0 Å². The number of aromatic nitrogens is 2.